The van der Waals surface area contributed by atoms with Crippen LogP contribution in [0.2, 0.25) is 0 Å². The van der Waals surface area contributed by atoms with E-state index < -0.39 is 11.7 Å². The molecule has 88 valence electrons. The van der Waals surface area contributed by atoms with Crippen LogP contribution in [-0.2, 0) is 0 Å². The van der Waals surface area contributed by atoms with Gasteiger partial charge in [0.2, 0.25) is 0 Å². The number of hydrogen-bond donors (Lipinski definition) is 2. The van der Waals surface area contributed by atoms with Crippen LogP contribution in [0.4, 0.5) is 4.39 Å². The summed E-state index contributed by atoms with van der Waals surface area (Å²) in [6, 6.07) is 2.31. The maximum Gasteiger partial charge on any atom is 0.253 e. The average Bonchev–Trinajstić information content (AvgIpc) is 2.34. The molecule has 0 saturated heterocycles. The first kappa shape index (κ1) is 11.4. The number of nitrogens with one attached hydrogen (secondary N) is 1. The Morgan fingerprint density at radius 3 is 2.88 bits per heavy atom. The predicted molar refractivity (Wildman–Crippen MR) is 58.9 cm³/mol. The summed E-state index contributed by atoms with van der Waals surface area (Å²) in [7, 11) is 0. The number of rotatable bonds is 3. The molecule has 1 heterocycles. The van der Waals surface area contributed by atoms with Crippen LogP contribution in [0.5, 0.6) is 0 Å². The molecule has 0 unspecified atom stereocenters. The van der Waals surface area contributed by atoms with Crippen molar-refractivity contribution in [1.29, 1.82) is 0 Å². The van der Waals surface area contributed by atoms with Gasteiger partial charge in [0.05, 0.1) is 17.7 Å². The van der Waals surface area contributed by atoms with Crippen molar-refractivity contribution in [2.75, 3.05) is 13.2 Å². The number of aliphatic hydroxyl groups excluding tert-OH is 1. The van der Waals surface area contributed by atoms with Crippen molar-refractivity contribution >= 4 is 16.9 Å². The van der Waals surface area contributed by atoms with E-state index in [1.165, 1.54) is 18.5 Å². The van der Waals surface area contributed by atoms with Gasteiger partial charge in [0.25, 0.3) is 5.91 Å². The van der Waals surface area contributed by atoms with E-state index in [2.05, 4.69) is 15.3 Å². The number of aliphatic hydroxyl groups is 1. The van der Waals surface area contributed by atoms with Gasteiger partial charge in [-0.05, 0) is 6.07 Å². The summed E-state index contributed by atoms with van der Waals surface area (Å²) in [6.45, 7) is -0.0677. The molecule has 2 rings (SSSR count). The lowest BCUT2D eigenvalue weighted by atomic mass is 10.1. The molecule has 0 aliphatic heterocycles. The second-order valence-corrected chi connectivity index (χ2v) is 3.36. The lowest BCUT2D eigenvalue weighted by Gasteiger charge is -2.06. The van der Waals surface area contributed by atoms with E-state index in [1.54, 1.807) is 0 Å². The van der Waals surface area contributed by atoms with E-state index in [9.17, 15) is 9.18 Å². The van der Waals surface area contributed by atoms with Crippen LogP contribution in [0.15, 0.2) is 24.5 Å². The molecule has 0 saturated carbocycles. The van der Waals surface area contributed by atoms with Crippen LogP contribution < -0.4 is 5.32 Å². The van der Waals surface area contributed by atoms with Crippen LogP contribution in [0.25, 0.3) is 11.0 Å². The van der Waals surface area contributed by atoms with Crippen molar-refractivity contribution in [2.45, 2.75) is 0 Å². The van der Waals surface area contributed by atoms with Crippen molar-refractivity contribution < 1.29 is 14.3 Å². The topological polar surface area (TPSA) is 75.1 Å². The largest absolute Gasteiger partial charge is 0.395 e. The minimum Gasteiger partial charge on any atom is -0.395 e. The van der Waals surface area contributed by atoms with E-state index in [4.69, 9.17) is 5.11 Å². The average molecular weight is 235 g/mol. The van der Waals surface area contributed by atoms with E-state index in [0.717, 1.165) is 6.07 Å². The third kappa shape index (κ3) is 2.36. The van der Waals surface area contributed by atoms with Gasteiger partial charge in [-0.1, -0.05) is 0 Å². The summed E-state index contributed by atoms with van der Waals surface area (Å²) >= 11 is 0. The Labute approximate surface area is 96.3 Å². The minimum absolute atomic E-state index is 0.108. The Hall–Kier alpha value is -2.08. The monoisotopic (exact) mass is 235 g/mol. The number of carbonyl (C=O) groups excluding carboxylic acids is 1. The first-order chi connectivity index (χ1) is 8.22. The highest BCUT2D eigenvalue weighted by Gasteiger charge is 2.13. The van der Waals surface area contributed by atoms with Crippen molar-refractivity contribution in [1.82, 2.24) is 15.3 Å². The van der Waals surface area contributed by atoms with Crippen molar-refractivity contribution in [3.8, 4) is 0 Å². The fraction of sp³-hybridized carbons (Fsp3) is 0.182. The molecule has 0 atom stereocenters. The molecular formula is C11H10FN3O2. The molecule has 6 heteroatoms. The summed E-state index contributed by atoms with van der Waals surface area (Å²) in [6.07, 6.45) is 2.86. The Balaban J connectivity index is 2.48. The van der Waals surface area contributed by atoms with Crippen molar-refractivity contribution in [3.05, 3.63) is 35.9 Å². The molecule has 1 amide bonds. The summed E-state index contributed by atoms with van der Waals surface area (Å²) < 4.78 is 13.3. The fourth-order valence-electron chi connectivity index (χ4n) is 1.48. The molecule has 0 spiro atoms. The number of fused-ring (bicyclic) bond motifs is 1. The second kappa shape index (κ2) is 4.84. The maximum absolute atomic E-state index is 13.3. The highest BCUT2D eigenvalue weighted by molar-refractivity contribution is 6.04. The lowest BCUT2D eigenvalue weighted by Crippen LogP contribution is -2.26. The van der Waals surface area contributed by atoms with Gasteiger partial charge in [-0.15, -0.1) is 0 Å². The molecule has 1 aromatic heterocycles. The van der Waals surface area contributed by atoms with Gasteiger partial charge in [-0.2, -0.15) is 0 Å². The number of amides is 1. The highest BCUT2D eigenvalue weighted by Crippen LogP contribution is 2.16. The van der Waals surface area contributed by atoms with E-state index >= 15 is 0 Å². The fourth-order valence-corrected chi connectivity index (χ4v) is 1.48. The van der Waals surface area contributed by atoms with Gasteiger partial charge < -0.3 is 10.4 Å². The zero-order valence-electron chi connectivity index (χ0n) is 8.85. The van der Waals surface area contributed by atoms with Gasteiger partial charge in [0.15, 0.2) is 0 Å². The quantitative estimate of drug-likeness (QED) is 0.812. The van der Waals surface area contributed by atoms with Crippen LogP contribution in [0.1, 0.15) is 10.4 Å². The summed E-state index contributed by atoms with van der Waals surface area (Å²) in [5.74, 6) is -1.03. The van der Waals surface area contributed by atoms with E-state index in [-0.39, 0.29) is 18.7 Å². The Morgan fingerprint density at radius 1 is 1.35 bits per heavy atom. The molecular weight excluding hydrogens is 225 g/mol. The standard InChI is InChI=1S/C11H10FN3O2/c12-7-5-8(11(17)15-3-4-16)10-9(6-7)13-1-2-14-10/h1-2,5-6,16H,3-4H2,(H,15,17). The first-order valence-electron chi connectivity index (χ1n) is 5.01. The molecule has 5 nitrogen and oxygen atoms in total. The zero-order valence-corrected chi connectivity index (χ0v) is 8.85. The third-order valence-electron chi connectivity index (χ3n) is 2.18. The molecule has 2 N–H and O–H groups in total. The van der Waals surface area contributed by atoms with Gasteiger partial charge >= 0.3 is 0 Å². The summed E-state index contributed by atoms with van der Waals surface area (Å²) in [4.78, 5) is 19.6. The van der Waals surface area contributed by atoms with Crippen LogP contribution >= 0.6 is 0 Å². The molecule has 0 fully saturated rings. The van der Waals surface area contributed by atoms with Crippen molar-refractivity contribution in [2.24, 2.45) is 0 Å². The highest BCUT2D eigenvalue weighted by atomic mass is 19.1. The maximum atomic E-state index is 13.3. The molecule has 2 aromatic rings. The second-order valence-electron chi connectivity index (χ2n) is 3.36. The molecule has 1 aromatic carbocycles. The number of halogens is 1. The zero-order chi connectivity index (χ0) is 12.3. The number of aromatic nitrogens is 2. The van der Waals surface area contributed by atoms with Gasteiger partial charge in [-0.25, -0.2) is 4.39 Å². The summed E-state index contributed by atoms with van der Waals surface area (Å²) in [5, 5.41) is 11.1. The van der Waals surface area contributed by atoms with E-state index in [0.29, 0.717) is 11.0 Å². The first-order valence-corrected chi connectivity index (χ1v) is 5.01. The van der Waals surface area contributed by atoms with Gasteiger partial charge in [-0.3, -0.25) is 14.8 Å². The Bertz CT molecular complexity index is 559. The molecule has 0 aliphatic rings. The third-order valence-corrected chi connectivity index (χ3v) is 2.18. The molecule has 0 radical (unpaired) electrons. The minimum atomic E-state index is -0.549. The molecule has 0 bridgehead atoms. The van der Waals surface area contributed by atoms with Gasteiger partial charge in [0.1, 0.15) is 11.3 Å². The number of carbonyl (C=O) groups is 1. The Kier molecular flexibility index (Phi) is 3.24. The molecule has 0 aliphatic carbocycles. The normalized spacial score (nSPS) is 10.5. The number of nitrogens with zero attached hydrogens (tertiary/aromatic N) is 2. The Morgan fingerprint density at radius 2 is 2.12 bits per heavy atom. The van der Waals surface area contributed by atoms with Crippen molar-refractivity contribution in [3.63, 3.8) is 0 Å². The smallest absolute Gasteiger partial charge is 0.253 e. The van der Waals surface area contributed by atoms with Crippen LogP contribution in [0.3, 0.4) is 0 Å². The summed E-state index contributed by atoms with van der Waals surface area (Å²) in [5.41, 5.74) is 0.771. The predicted octanol–water partition coefficient (Wildman–Crippen LogP) is 0.491. The SMILES string of the molecule is O=C(NCCO)c1cc(F)cc2nccnc12. The van der Waals surface area contributed by atoms with Crippen LogP contribution in [-0.4, -0.2) is 34.1 Å². The molecule has 17 heavy (non-hydrogen) atoms. The lowest BCUT2D eigenvalue weighted by molar-refractivity contribution is 0.0946. The van der Waals surface area contributed by atoms with Gasteiger partial charge in [0, 0.05) is 25.0 Å². The van der Waals surface area contributed by atoms with Crippen LogP contribution in [0, 0.1) is 5.82 Å². The van der Waals surface area contributed by atoms with E-state index in [1.807, 2.05) is 0 Å². The number of benzene rings is 1. The number of hydrogen-bond acceptors (Lipinski definition) is 4.